The van der Waals surface area contributed by atoms with E-state index in [2.05, 4.69) is 26.2 Å². The van der Waals surface area contributed by atoms with Crippen molar-refractivity contribution in [2.75, 3.05) is 18.4 Å². The Hall–Kier alpha value is -3.73. The third kappa shape index (κ3) is 5.20. The lowest BCUT2D eigenvalue weighted by Gasteiger charge is -2.34. The standard InChI is InChI=1S/C25H26FN5O2/c1-5-16-11-21(22(26)27-13-16)30-23-19-12-17(8-9-20(19)28-15-29-23)18-7-6-10-31(14-18)24(32)33-25(2,3)4/h1,8-9,11-13,15,18H,6-7,10,14H2,2-4H3,(H,28,29,30). The number of halogens is 1. The van der Waals surface area contributed by atoms with Gasteiger partial charge in [0, 0.05) is 36.2 Å². The number of hydrogen-bond acceptors (Lipinski definition) is 6. The van der Waals surface area contributed by atoms with Crippen molar-refractivity contribution in [2.45, 2.75) is 45.1 Å². The van der Waals surface area contributed by atoms with Crippen molar-refractivity contribution < 1.29 is 13.9 Å². The van der Waals surface area contributed by atoms with E-state index in [0.29, 0.717) is 24.5 Å². The number of pyridine rings is 1. The number of fused-ring (bicyclic) bond motifs is 1. The fourth-order valence-electron chi connectivity index (χ4n) is 3.91. The largest absolute Gasteiger partial charge is 0.444 e. The van der Waals surface area contributed by atoms with Crippen molar-refractivity contribution in [1.82, 2.24) is 19.9 Å². The third-order valence-corrected chi connectivity index (χ3v) is 5.46. The van der Waals surface area contributed by atoms with E-state index < -0.39 is 11.5 Å². The second kappa shape index (κ2) is 9.02. The lowest BCUT2D eigenvalue weighted by Crippen LogP contribution is -2.42. The number of nitrogens with one attached hydrogen (secondary N) is 1. The number of nitrogens with zero attached hydrogens (tertiary/aromatic N) is 4. The molecule has 3 heterocycles. The average molecular weight is 448 g/mol. The van der Waals surface area contributed by atoms with Crippen molar-refractivity contribution in [2.24, 2.45) is 0 Å². The normalized spacial score (nSPS) is 16.3. The molecule has 33 heavy (non-hydrogen) atoms. The van der Waals surface area contributed by atoms with Crippen molar-refractivity contribution >= 4 is 28.5 Å². The number of likely N-dealkylation sites (tertiary alicyclic amines) is 1. The molecule has 0 spiro atoms. The molecule has 0 radical (unpaired) electrons. The van der Waals surface area contributed by atoms with Crippen LogP contribution in [0.1, 0.15) is 50.7 Å². The molecule has 1 aromatic carbocycles. The molecule has 1 saturated heterocycles. The Labute approximate surface area is 192 Å². The summed E-state index contributed by atoms with van der Waals surface area (Å²) in [4.78, 5) is 26.7. The average Bonchev–Trinajstić information content (AvgIpc) is 2.79. The zero-order valence-corrected chi connectivity index (χ0v) is 18.9. The fraction of sp³-hybridized carbons (Fsp3) is 0.360. The number of anilines is 2. The van der Waals surface area contributed by atoms with Crippen molar-refractivity contribution in [3.63, 3.8) is 0 Å². The van der Waals surface area contributed by atoms with Crippen molar-refractivity contribution in [1.29, 1.82) is 0 Å². The van der Waals surface area contributed by atoms with Gasteiger partial charge in [-0.1, -0.05) is 12.0 Å². The first-order valence-corrected chi connectivity index (χ1v) is 10.9. The number of rotatable bonds is 3. The second-order valence-corrected chi connectivity index (χ2v) is 9.10. The molecular weight excluding hydrogens is 421 g/mol. The Morgan fingerprint density at radius 2 is 2.09 bits per heavy atom. The zero-order chi connectivity index (χ0) is 23.6. The second-order valence-electron chi connectivity index (χ2n) is 9.10. The number of carbonyl (C=O) groups is 1. The van der Waals surface area contributed by atoms with Crippen molar-refractivity contribution in [3.8, 4) is 12.3 Å². The number of hydrogen-bond donors (Lipinski definition) is 1. The van der Waals surface area contributed by atoms with Gasteiger partial charge in [0.2, 0.25) is 5.95 Å². The predicted molar refractivity (Wildman–Crippen MR) is 125 cm³/mol. The molecule has 0 aliphatic carbocycles. The minimum Gasteiger partial charge on any atom is -0.444 e. The summed E-state index contributed by atoms with van der Waals surface area (Å²) in [6.07, 6.45) is 9.68. The predicted octanol–water partition coefficient (Wildman–Crippen LogP) is 5.00. The molecule has 1 N–H and O–H groups in total. The number of benzene rings is 1. The van der Waals surface area contributed by atoms with Gasteiger partial charge in [0.25, 0.3) is 0 Å². The summed E-state index contributed by atoms with van der Waals surface area (Å²) in [7, 11) is 0. The van der Waals surface area contributed by atoms with Crippen LogP contribution in [0.15, 0.2) is 36.8 Å². The first-order valence-electron chi connectivity index (χ1n) is 10.9. The van der Waals surface area contributed by atoms with Gasteiger partial charge in [-0.2, -0.15) is 4.39 Å². The smallest absolute Gasteiger partial charge is 0.410 e. The molecule has 0 saturated carbocycles. The van der Waals surface area contributed by atoms with E-state index in [-0.39, 0.29) is 17.7 Å². The molecule has 1 aliphatic heterocycles. The highest BCUT2D eigenvalue weighted by Gasteiger charge is 2.28. The molecule has 1 fully saturated rings. The van der Waals surface area contributed by atoms with Crippen LogP contribution in [0.3, 0.4) is 0 Å². The molecule has 1 amide bonds. The van der Waals surface area contributed by atoms with Gasteiger partial charge in [0.15, 0.2) is 0 Å². The van der Waals surface area contributed by atoms with E-state index in [1.165, 1.54) is 18.6 Å². The Kier molecular flexibility index (Phi) is 6.14. The zero-order valence-electron chi connectivity index (χ0n) is 18.9. The van der Waals surface area contributed by atoms with Gasteiger partial charge in [-0.3, -0.25) is 0 Å². The highest BCUT2D eigenvalue weighted by atomic mass is 19.1. The molecule has 4 rings (SSSR count). The SMILES string of the molecule is C#Cc1cnc(F)c(Nc2ncnc3ccc(C4CCCN(C(=O)OC(C)(C)C)C4)cc23)c1. The Morgan fingerprint density at radius 3 is 2.85 bits per heavy atom. The minimum atomic E-state index is -0.669. The van der Waals surface area contributed by atoms with E-state index in [4.69, 9.17) is 11.2 Å². The molecule has 1 aliphatic rings. The highest BCUT2D eigenvalue weighted by Crippen LogP contribution is 2.32. The van der Waals surface area contributed by atoms with Crippen LogP contribution in [0.4, 0.5) is 20.7 Å². The maximum Gasteiger partial charge on any atom is 0.410 e. The number of amides is 1. The summed E-state index contributed by atoms with van der Waals surface area (Å²) in [5.74, 6) is 2.38. The monoisotopic (exact) mass is 447 g/mol. The molecule has 7 nitrogen and oxygen atoms in total. The van der Waals surface area contributed by atoms with Gasteiger partial charge < -0.3 is 15.0 Å². The number of terminal acetylenes is 1. The molecule has 1 unspecified atom stereocenters. The maximum absolute atomic E-state index is 14.3. The van der Waals surface area contributed by atoms with Crippen LogP contribution >= 0.6 is 0 Å². The summed E-state index contributed by atoms with van der Waals surface area (Å²) >= 11 is 0. The molecule has 2 aromatic heterocycles. The number of carbonyl (C=O) groups excluding carboxylic acids is 1. The van der Waals surface area contributed by atoms with Gasteiger partial charge in [-0.25, -0.2) is 19.7 Å². The first kappa shape index (κ1) is 22.5. The molecule has 1 atom stereocenters. The first-order chi connectivity index (χ1) is 15.7. The van der Waals surface area contributed by atoms with Crippen LogP contribution in [-0.2, 0) is 4.74 Å². The highest BCUT2D eigenvalue weighted by molar-refractivity contribution is 5.91. The summed E-state index contributed by atoms with van der Waals surface area (Å²) in [5, 5.41) is 3.75. The number of aromatic nitrogens is 3. The minimum absolute atomic E-state index is 0.143. The lowest BCUT2D eigenvalue weighted by atomic mass is 9.90. The van der Waals surface area contributed by atoms with Gasteiger partial charge >= 0.3 is 6.09 Å². The van der Waals surface area contributed by atoms with Crippen LogP contribution in [-0.4, -0.2) is 44.6 Å². The van der Waals surface area contributed by atoms with E-state index in [9.17, 15) is 9.18 Å². The van der Waals surface area contributed by atoms with Crippen LogP contribution < -0.4 is 5.32 Å². The van der Waals surface area contributed by atoms with Gasteiger partial charge in [-0.15, -0.1) is 6.42 Å². The summed E-state index contributed by atoms with van der Waals surface area (Å²) in [6.45, 7) is 6.83. The fourth-order valence-corrected chi connectivity index (χ4v) is 3.91. The summed E-state index contributed by atoms with van der Waals surface area (Å²) < 4.78 is 19.8. The number of ether oxygens (including phenoxy) is 1. The van der Waals surface area contributed by atoms with E-state index in [1.54, 1.807) is 4.90 Å². The maximum atomic E-state index is 14.3. The van der Waals surface area contributed by atoms with Gasteiger partial charge in [0.1, 0.15) is 17.7 Å². The quantitative estimate of drug-likeness (QED) is 0.449. The Bertz CT molecular complexity index is 1230. The Morgan fingerprint density at radius 1 is 1.27 bits per heavy atom. The molecule has 8 heteroatoms. The Balaban J connectivity index is 1.62. The summed E-state index contributed by atoms with van der Waals surface area (Å²) in [5.41, 5.74) is 1.85. The topological polar surface area (TPSA) is 80.2 Å². The third-order valence-electron chi connectivity index (χ3n) is 5.46. The molecule has 3 aromatic rings. The molecule has 170 valence electrons. The van der Waals surface area contributed by atoms with E-state index in [1.807, 2.05) is 39.0 Å². The molecule has 0 bridgehead atoms. The van der Waals surface area contributed by atoms with Gasteiger partial charge in [0.05, 0.1) is 11.2 Å². The van der Waals surface area contributed by atoms with E-state index in [0.717, 1.165) is 29.3 Å². The van der Waals surface area contributed by atoms with Crippen LogP contribution in [0.2, 0.25) is 0 Å². The molecular formula is C25H26FN5O2. The summed E-state index contributed by atoms with van der Waals surface area (Å²) in [6, 6.07) is 7.44. The lowest BCUT2D eigenvalue weighted by molar-refractivity contribution is 0.0198. The van der Waals surface area contributed by atoms with Crippen LogP contribution in [0.5, 0.6) is 0 Å². The van der Waals surface area contributed by atoms with E-state index >= 15 is 0 Å². The van der Waals surface area contributed by atoms with Crippen LogP contribution in [0.25, 0.3) is 10.9 Å². The van der Waals surface area contributed by atoms with Crippen LogP contribution in [0, 0.1) is 18.3 Å². The van der Waals surface area contributed by atoms with Gasteiger partial charge in [-0.05, 0) is 57.4 Å². The van der Waals surface area contributed by atoms with Crippen molar-refractivity contribution in [3.05, 3.63) is 53.9 Å². The number of piperidine rings is 1.